The van der Waals surface area contributed by atoms with Gasteiger partial charge in [0.05, 0.1) is 35.4 Å². The molecular formula is C31H28BrN3O3. The molecule has 0 spiro atoms. The summed E-state index contributed by atoms with van der Waals surface area (Å²) in [7, 11) is 0. The maximum atomic E-state index is 14.0. The highest BCUT2D eigenvalue weighted by atomic mass is 79.9. The summed E-state index contributed by atoms with van der Waals surface area (Å²) in [4.78, 5) is 34.7. The summed E-state index contributed by atoms with van der Waals surface area (Å²) in [5, 5.41) is 0.529. The SMILES string of the molecule is CCc1ccc(-n2c(C(CC)N(Cc3ccco3)C(=O)c3cccc(Br)c3)nc3ccccc3c2=O)cc1. The molecule has 0 fully saturated rings. The number of benzene rings is 3. The Bertz CT molecular complexity index is 1630. The van der Waals surface area contributed by atoms with Crippen LogP contribution in [0.3, 0.4) is 0 Å². The number of hydrogen-bond acceptors (Lipinski definition) is 4. The number of aromatic nitrogens is 2. The zero-order valence-electron chi connectivity index (χ0n) is 21.3. The minimum atomic E-state index is -0.505. The van der Waals surface area contributed by atoms with Crippen LogP contribution in [0.1, 0.15) is 53.8 Å². The van der Waals surface area contributed by atoms with Crippen molar-refractivity contribution in [3.8, 4) is 5.69 Å². The summed E-state index contributed by atoms with van der Waals surface area (Å²) in [5.74, 6) is 0.981. The van der Waals surface area contributed by atoms with E-state index in [1.807, 2.05) is 67.6 Å². The van der Waals surface area contributed by atoms with Gasteiger partial charge < -0.3 is 9.32 Å². The fourth-order valence-corrected chi connectivity index (χ4v) is 5.13. The smallest absolute Gasteiger partial charge is 0.266 e. The Hall–Kier alpha value is -3.97. The van der Waals surface area contributed by atoms with Crippen molar-refractivity contribution in [1.82, 2.24) is 14.5 Å². The Labute approximate surface area is 229 Å². The van der Waals surface area contributed by atoms with Gasteiger partial charge in [-0.3, -0.25) is 14.2 Å². The highest BCUT2D eigenvalue weighted by Crippen LogP contribution is 2.30. The predicted molar refractivity (Wildman–Crippen MR) is 152 cm³/mol. The lowest BCUT2D eigenvalue weighted by Gasteiger charge is -2.32. The quantitative estimate of drug-likeness (QED) is 0.200. The van der Waals surface area contributed by atoms with Crippen molar-refractivity contribution in [3.63, 3.8) is 0 Å². The zero-order chi connectivity index (χ0) is 26.6. The minimum Gasteiger partial charge on any atom is -0.467 e. The molecule has 0 aliphatic heterocycles. The van der Waals surface area contributed by atoms with E-state index in [1.54, 1.807) is 40.0 Å². The average molecular weight is 570 g/mol. The minimum absolute atomic E-state index is 0.166. The number of hydrogen-bond donors (Lipinski definition) is 0. The summed E-state index contributed by atoms with van der Waals surface area (Å²) in [6, 6.07) is 25.7. The van der Waals surface area contributed by atoms with Crippen LogP contribution in [0.4, 0.5) is 0 Å². The van der Waals surface area contributed by atoms with Crippen LogP contribution in [-0.4, -0.2) is 20.4 Å². The van der Waals surface area contributed by atoms with Gasteiger partial charge >= 0.3 is 0 Å². The van der Waals surface area contributed by atoms with Crippen LogP contribution in [0.2, 0.25) is 0 Å². The fourth-order valence-electron chi connectivity index (χ4n) is 4.73. The van der Waals surface area contributed by atoms with Gasteiger partial charge in [-0.15, -0.1) is 0 Å². The van der Waals surface area contributed by atoms with Gasteiger partial charge in [-0.25, -0.2) is 4.98 Å². The van der Waals surface area contributed by atoms with Crippen LogP contribution in [0.15, 0.2) is 105 Å². The highest BCUT2D eigenvalue weighted by Gasteiger charge is 2.30. The summed E-state index contributed by atoms with van der Waals surface area (Å²) >= 11 is 3.48. The number of rotatable bonds is 8. The van der Waals surface area contributed by atoms with E-state index in [-0.39, 0.29) is 18.0 Å². The maximum absolute atomic E-state index is 14.0. The van der Waals surface area contributed by atoms with Gasteiger partial charge in [-0.05, 0) is 73.0 Å². The van der Waals surface area contributed by atoms with E-state index in [4.69, 9.17) is 9.40 Å². The molecule has 6 nitrogen and oxygen atoms in total. The van der Waals surface area contributed by atoms with Crippen molar-refractivity contribution < 1.29 is 9.21 Å². The number of amides is 1. The molecule has 192 valence electrons. The van der Waals surface area contributed by atoms with Crippen molar-refractivity contribution in [3.05, 3.63) is 129 Å². The van der Waals surface area contributed by atoms with Crippen molar-refractivity contribution in [2.45, 2.75) is 39.3 Å². The number of carbonyl (C=O) groups excluding carboxylic acids is 1. The second kappa shape index (κ2) is 11.2. The fraction of sp³-hybridized carbons (Fsp3) is 0.194. The van der Waals surface area contributed by atoms with Crippen LogP contribution < -0.4 is 5.56 Å². The molecule has 0 aliphatic carbocycles. The van der Waals surface area contributed by atoms with E-state index in [9.17, 15) is 9.59 Å². The van der Waals surface area contributed by atoms with Gasteiger partial charge in [0.2, 0.25) is 0 Å². The molecule has 0 saturated carbocycles. The lowest BCUT2D eigenvalue weighted by Crippen LogP contribution is -2.38. The van der Waals surface area contributed by atoms with Crippen molar-refractivity contribution >= 4 is 32.7 Å². The Morgan fingerprint density at radius 2 is 1.79 bits per heavy atom. The van der Waals surface area contributed by atoms with Gasteiger partial charge in [-0.2, -0.15) is 0 Å². The van der Waals surface area contributed by atoms with Gasteiger partial charge in [0.1, 0.15) is 11.6 Å². The number of aryl methyl sites for hydroxylation is 1. The first kappa shape index (κ1) is 25.7. The number of nitrogens with zero attached hydrogens (tertiary/aromatic N) is 3. The monoisotopic (exact) mass is 569 g/mol. The van der Waals surface area contributed by atoms with Crippen LogP contribution in [0.5, 0.6) is 0 Å². The van der Waals surface area contributed by atoms with Crippen LogP contribution >= 0.6 is 15.9 Å². The van der Waals surface area contributed by atoms with Crippen LogP contribution in [0.25, 0.3) is 16.6 Å². The molecule has 0 bridgehead atoms. The number of fused-ring (bicyclic) bond motifs is 1. The summed E-state index contributed by atoms with van der Waals surface area (Å²) in [6.45, 7) is 4.32. The molecule has 2 heterocycles. The number of para-hydroxylation sites is 1. The number of halogens is 1. The van der Waals surface area contributed by atoms with E-state index in [0.29, 0.717) is 40.2 Å². The van der Waals surface area contributed by atoms with Crippen molar-refractivity contribution in [2.24, 2.45) is 0 Å². The lowest BCUT2D eigenvalue weighted by molar-refractivity contribution is 0.0624. The van der Waals surface area contributed by atoms with Crippen molar-refractivity contribution in [1.29, 1.82) is 0 Å². The van der Waals surface area contributed by atoms with Crippen molar-refractivity contribution in [2.75, 3.05) is 0 Å². The molecule has 5 aromatic rings. The Morgan fingerprint density at radius 1 is 1.00 bits per heavy atom. The predicted octanol–water partition coefficient (Wildman–Crippen LogP) is 7.10. The van der Waals surface area contributed by atoms with E-state index < -0.39 is 6.04 Å². The van der Waals surface area contributed by atoms with Gasteiger partial charge in [0, 0.05) is 10.0 Å². The first-order valence-electron chi connectivity index (χ1n) is 12.7. The molecule has 1 unspecified atom stereocenters. The van der Waals surface area contributed by atoms with Gasteiger partial charge in [0.15, 0.2) is 0 Å². The molecule has 0 N–H and O–H groups in total. The third-order valence-corrected chi connectivity index (χ3v) is 7.20. The summed E-state index contributed by atoms with van der Waals surface area (Å²) < 4.78 is 8.11. The molecule has 38 heavy (non-hydrogen) atoms. The number of furan rings is 1. The van der Waals surface area contributed by atoms with Crippen LogP contribution in [-0.2, 0) is 13.0 Å². The molecule has 3 aromatic carbocycles. The first-order chi connectivity index (χ1) is 18.5. The molecule has 0 saturated heterocycles. The number of carbonyl (C=O) groups is 1. The molecule has 1 amide bonds. The van der Waals surface area contributed by atoms with Crippen LogP contribution in [0, 0.1) is 0 Å². The Kier molecular flexibility index (Phi) is 7.56. The summed E-state index contributed by atoms with van der Waals surface area (Å²) in [6.07, 6.45) is 3.03. The second-order valence-electron chi connectivity index (χ2n) is 9.09. The molecule has 0 aliphatic rings. The molecular weight excluding hydrogens is 542 g/mol. The van der Waals surface area contributed by atoms with E-state index in [1.165, 1.54) is 5.56 Å². The van der Waals surface area contributed by atoms with E-state index in [2.05, 4.69) is 22.9 Å². The Balaban J connectivity index is 1.72. The van der Waals surface area contributed by atoms with E-state index in [0.717, 1.165) is 10.9 Å². The molecule has 2 aromatic heterocycles. The molecule has 0 radical (unpaired) electrons. The largest absolute Gasteiger partial charge is 0.467 e. The maximum Gasteiger partial charge on any atom is 0.266 e. The summed E-state index contributed by atoms with van der Waals surface area (Å²) in [5.41, 5.74) is 2.85. The molecule has 1 atom stereocenters. The lowest BCUT2D eigenvalue weighted by atomic mass is 10.1. The molecule has 7 heteroatoms. The highest BCUT2D eigenvalue weighted by molar-refractivity contribution is 9.10. The average Bonchev–Trinajstić information content (AvgIpc) is 3.46. The van der Waals surface area contributed by atoms with Gasteiger partial charge in [-0.1, -0.05) is 60.1 Å². The van der Waals surface area contributed by atoms with E-state index >= 15 is 0 Å². The Morgan fingerprint density at radius 3 is 2.47 bits per heavy atom. The third kappa shape index (κ3) is 5.07. The third-order valence-electron chi connectivity index (χ3n) is 6.70. The van der Waals surface area contributed by atoms with Gasteiger partial charge in [0.25, 0.3) is 11.5 Å². The zero-order valence-corrected chi connectivity index (χ0v) is 22.9. The molecule has 5 rings (SSSR count). The normalized spacial score (nSPS) is 12.0. The topological polar surface area (TPSA) is 68.3 Å². The standard InChI is InChI=1S/C31H28BrN3O3/c1-3-21-14-16-24(17-15-21)35-29(33-27-13-6-5-12-26(27)31(35)37)28(4-2)34(20-25-11-8-18-38-25)30(36)22-9-7-10-23(32)19-22/h5-19,28H,3-4,20H2,1-2H3. The second-order valence-corrected chi connectivity index (χ2v) is 10.0. The first-order valence-corrected chi connectivity index (χ1v) is 13.5.